The predicted octanol–water partition coefficient (Wildman–Crippen LogP) is 4.57. The number of aliphatic hydroxyl groups is 1. The molecular weight excluding hydrogens is 447 g/mol. The highest BCUT2D eigenvalue weighted by Crippen LogP contribution is 2.40. The zero-order valence-corrected chi connectivity index (χ0v) is 17.9. The summed E-state index contributed by atoms with van der Waals surface area (Å²) in [5.74, 6) is 0.704. The number of ether oxygens (including phenoxy) is 2. The van der Waals surface area contributed by atoms with Crippen molar-refractivity contribution in [2.45, 2.75) is 6.61 Å². The van der Waals surface area contributed by atoms with E-state index in [4.69, 9.17) is 37.8 Å². The van der Waals surface area contributed by atoms with Crippen LogP contribution in [-0.2, 0) is 18.4 Å². The van der Waals surface area contributed by atoms with Gasteiger partial charge in [-0.2, -0.15) is 0 Å². The van der Waals surface area contributed by atoms with E-state index in [2.05, 4.69) is 0 Å². The molecule has 0 aliphatic heterocycles. The summed E-state index contributed by atoms with van der Waals surface area (Å²) >= 11 is 12.4. The molecule has 0 aliphatic rings. The van der Waals surface area contributed by atoms with Gasteiger partial charge in [0.05, 0.1) is 29.8 Å². The van der Waals surface area contributed by atoms with Crippen molar-refractivity contribution in [3.63, 3.8) is 0 Å². The number of pyridine rings is 1. The van der Waals surface area contributed by atoms with E-state index in [1.165, 1.54) is 35.0 Å². The topological polar surface area (TPSA) is 104 Å². The van der Waals surface area contributed by atoms with Crippen LogP contribution in [-0.4, -0.2) is 27.8 Å². The van der Waals surface area contributed by atoms with Gasteiger partial charge >= 0.3 is 0 Å². The molecule has 10 heteroatoms. The summed E-state index contributed by atoms with van der Waals surface area (Å²) < 4.78 is 12.8. The maximum atomic E-state index is 11.9. The number of hydrogen-bond donors (Lipinski definition) is 1. The SMILES string of the molecule is Cn1cc(-c2cc([N+](=O)[O-])ccc2Oc2ccc(Cl)cc2COCCO)c(Cl)cc1=O. The summed E-state index contributed by atoms with van der Waals surface area (Å²) in [7, 11) is 1.55. The summed E-state index contributed by atoms with van der Waals surface area (Å²) in [6, 6.07) is 10.3. The molecule has 3 rings (SSSR count). The molecule has 0 radical (unpaired) electrons. The molecular formula is C21H18Cl2N2O6. The van der Waals surface area contributed by atoms with Crippen LogP contribution in [0.25, 0.3) is 11.1 Å². The fourth-order valence-electron chi connectivity index (χ4n) is 2.86. The Morgan fingerprint density at radius 2 is 1.84 bits per heavy atom. The van der Waals surface area contributed by atoms with Crippen LogP contribution >= 0.6 is 23.2 Å². The lowest BCUT2D eigenvalue weighted by Crippen LogP contribution is -2.14. The van der Waals surface area contributed by atoms with Gasteiger partial charge in [-0.15, -0.1) is 0 Å². The van der Waals surface area contributed by atoms with E-state index in [1.807, 2.05) is 0 Å². The largest absolute Gasteiger partial charge is 0.456 e. The second kappa shape index (κ2) is 9.93. The van der Waals surface area contributed by atoms with E-state index in [-0.39, 0.29) is 41.8 Å². The van der Waals surface area contributed by atoms with Crippen LogP contribution in [0.4, 0.5) is 5.69 Å². The minimum Gasteiger partial charge on any atom is -0.456 e. The maximum Gasteiger partial charge on any atom is 0.270 e. The highest BCUT2D eigenvalue weighted by molar-refractivity contribution is 6.33. The zero-order chi connectivity index (χ0) is 22.5. The number of non-ortho nitro benzene ring substituents is 1. The summed E-state index contributed by atoms with van der Waals surface area (Å²) in [5.41, 5.74) is 0.885. The number of aliphatic hydroxyl groups excluding tert-OH is 1. The van der Waals surface area contributed by atoms with Crippen LogP contribution in [0.3, 0.4) is 0 Å². The molecule has 0 unspecified atom stereocenters. The molecule has 0 aliphatic carbocycles. The highest BCUT2D eigenvalue weighted by atomic mass is 35.5. The summed E-state index contributed by atoms with van der Waals surface area (Å²) in [4.78, 5) is 22.7. The second-order valence-corrected chi connectivity index (χ2v) is 7.40. The molecule has 0 saturated heterocycles. The first-order chi connectivity index (χ1) is 14.8. The Balaban J connectivity index is 2.10. The fourth-order valence-corrected chi connectivity index (χ4v) is 3.30. The normalized spacial score (nSPS) is 10.8. The first kappa shape index (κ1) is 22.8. The first-order valence-corrected chi connectivity index (χ1v) is 9.85. The van der Waals surface area contributed by atoms with Gasteiger partial charge < -0.3 is 19.1 Å². The monoisotopic (exact) mass is 464 g/mol. The van der Waals surface area contributed by atoms with Gasteiger partial charge in [-0.3, -0.25) is 14.9 Å². The number of halogens is 2. The third-order valence-electron chi connectivity index (χ3n) is 4.38. The summed E-state index contributed by atoms with van der Waals surface area (Å²) in [6.45, 7) is 0.149. The van der Waals surface area contributed by atoms with E-state index in [0.29, 0.717) is 27.5 Å². The van der Waals surface area contributed by atoms with Crippen LogP contribution in [0.5, 0.6) is 11.5 Å². The average molecular weight is 465 g/mol. The van der Waals surface area contributed by atoms with Gasteiger partial charge in [0.1, 0.15) is 11.5 Å². The second-order valence-electron chi connectivity index (χ2n) is 6.55. The maximum absolute atomic E-state index is 11.9. The quantitative estimate of drug-likeness (QED) is 0.297. The molecule has 3 aromatic rings. The number of benzene rings is 2. The van der Waals surface area contributed by atoms with Crippen molar-refractivity contribution in [2.24, 2.45) is 7.05 Å². The van der Waals surface area contributed by atoms with Crippen molar-refractivity contribution in [1.82, 2.24) is 4.57 Å². The van der Waals surface area contributed by atoms with E-state index < -0.39 is 4.92 Å². The number of nitro benzene ring substituents is 1. The fraction of sp³-hybridized carbons (Fsp3) is 0.190. The highest BCUT2D eigenvalue weighted by Gasteiger charge is 2.18. The lowest BCUT2D eigenvalue weighted by Gasteiger charge is -2.16. The summed E-state index contributed by atoms with van der Waals surface area (Å²) in [5, 5.41) is 20.9. The molecule has 31 heavy (non-hydrogen) atoms. The van der Waals surface area contributed by atoms with Crippen LogP contribution in [0.1, 0.15) is 5.56 Å². The van der Waals surface area contributed by atoms with Crippen molar-refractivity contribution < 1.29 is 19.5 Å². The number of aromatic nitrogens is 1. The Hall–Kier alpha value is -2.91. The van der Waals surface area contributed by atoms with Gasteiger partial charge in [-0.05, 0) is 24.3 Å². The smallest absolute Gasteiger partial charge is 0.270 e. The van der Waals surface area contributed by atoms with Gasteiger partial charge in [0.15, 0.2) is 0 Å². The van der Waals surface area contributed by atoms with Gasteiger partial charge in [0.25, 0.3) is 11.2 Å². The third-order valence-corrected chi connectivity index (χ3v) is 4.93. The molecule has 8 nitrogen and oxygen atoms in total. The number of nitro groups is 1. The standard InChI is InChI=1S/C21H18Cl2N2O6/c1-24-11-17(18(23)10-21(24)27)16-9-15(25(28)29)3-5-20(16)31-19-4-2-14(22)8-13(19)12-30-7-6-26/h2-5,8-11,26H,6-7,12H2,1H3. The molecule has 0 fully saturated rings. The van der Waals surface area contributed by atoms with E-state index in [9.17, 15) is 14.9 Å². The minimum absolute atomic E-state index is 0.130. The Kier molecular flexibility index (Phi) is 7.29. The average Bonchev–Trinajstić information content (AvgIpc) is 2.73. The molecule has 0 spiro atoms. The minimum atomic E-state index is -0.528. The third kappa shape index (κ3) is 5.42. The Labute approximate surface area is 187 Å². The molecule has 162 valence electrons. The van der Waals surface area contributed by atoms with Gasteiger partial charge in [0, 0.05) is 53.2 Å². The van der Waals surface area contributed by atoms with Crippen molar-refractivity contribution in [3.8, 4) is 22.6 Å². The van der Waals surface area contributed by atoms with Crippen LogP contribution in [0, 0.1) is 10.1 Å². The number of rotatable bonds is 8. The van der Waals surface area contributed by atoms with Crippen LogP contribution < -0.4 is 10.3 Å². The Bertz CT molecular complexity index is 1180. The van der Waals surface area contributed by atoms with E-state index in [1.54, 1.807) is 25.2 Å². The van der Waals surface area contributed by atoms with E-state index in [0.717, 1.165) is 0 Å². The zero-order valence-electron chi connectivity index (χ0n) is 16.4. The van der Waals surface area contributed by atoms with Crippen molar-refractivity contribution >= 4 is 28.9 Å². The molecule has 0 saturated carbocycles. The molecule has 0 bridgehead atoms. The molecule has 1 heterocycles. The summed E-state index contributed by atoms with van der Waals surface area (Å²) in [6.07, 6.45) is 1.49. The van der Waals surface area contributed by atoms with Crippen LogP contribution in [0.15, 0.2) is 53.5 Å². The molecule has 1 aromatic heterocycles. The van der Waals surface area contributed by atoms with Gasteiger partial charge in [-0.25, -0.2) is 0 Å². The first-order valence-electron chi connectivity index (χ1n) is 9.10. The lowest BCUT2D eigenvalue weighted by atomic mass is 10.1. The van der Waals surface area contributed by atoms with Crippen molar-refractivity contribution in [1.29, 1.82) is 0 Å². The number of hydrogen-bond acceptors (Lipinski definition) is 6. The molecule has 2 aromatic carbocycles. The molecule has 0 atom stereocenters. The Morgan fingerprint density at radius 1 is 1.10 bits per heavy atom. The van der Waals surface area contributed by atoms with Crippen molar-refractivity contribution in [2.75, 3.05) is 13.2 Å². The molecule has 1 N–H and O–H groups in total. The van der Waals surface area contributed by atoms with E-state index >= 15 is 0 Å². The Morgan fingerprint density at radius 3 is 2.55 bits per heavy atom. The lowest BCUT2D eigenvalue weighted by molar-refractivity contribution is -0.384. The van der Waals surface area contributed by atoms with Crippen molar-refractivity contribution in [3.05, 3.63) is 84.7 Å². The van der Waals surface area contributed by atoms with Crippen LogP contribution in [0.2, 0.25) is 10.0 Å². The van der Waals surface area contributed by atoms with Gasteiger partial charge in [0.2, 0.25) is 0 Å². The predicted molar refractivity (Wildman–Crippen MR) is 117 cm³/mol. The van der Waals surface area contributed by atoms with Gasteiger partial charge in [-0.1, -0.05) is 23.2 Å². The number of nitrogens with zero attached hydrogens (tertiary/aromatic N) is 2. The molecule has 0 amide bonds. The number of aryl methyl sites for hydroxylation is 1.